The van der Waals surface area contributed by atoms with Gasteiger partial charge < -0.3 is 0 Å². The third-order valence-corrected chi connectivity index (χ3v) is 0.112. The van der Waals surface area contributed by atoms with E-state index in [4.69, 9.17) is 5.21 Å². The highest BCUT2D eigenvalue weighted by Crippen LogP contribution is 1.68. The minimum Gasteiger partial charge on any atom is -0.100 e. The van der Waals surface area contributed by atoms with E-state index in [1.54, 1.807) is 5.88 Å². The molecule has 0 N–H and O–H groups in total. The van der Waals surface area contributed by atoms with Crippen molar-refractivity contribution in [2.75, 3.05) is 0 Å². The van der Waals surface area contributed by atoms with Crippen molar-refractivity contribution in [3.63, 3.8) is 0 Å². The molecule has 0 saturated heterocycles. The molecule has 21 valence electrons. The van der Waals surface area contributed by atoms with E-state index < -0.39 is 0 Å². The van der Waals surface area contributed by atoms with Crippen molar-refractivity contribution in [2.45, 2.75) is 0 Å². The summed E-state index contributed by atoms with van der Waals surface area (Å²) in [4.78, 5) is 0. The third-order valence-electron chi connectivity index (χ3n) is 0.0373. The molecule has 0 aliphatic carbocycles. The number of hydrogen-bond donors (Lipinski definition) is 0. The van der Waals surface area contributed by atoms with Gasteiger partial charge in [-0.15, -0.1) is 5.21 Å². The van der Waals surface area contributed by atoms with Crippen LogP contribution in [0.25, 0.3) is 0 Å². The summed E-state index contributed by atoms with van der Waals surface area (Å²) in [5.41, 5.74) is 2.05. The second kappa shape index (κ2) is 3.27. The van der Waals surface area contributed by atoms with Gasteiger partial charge in [-0.3, -0.25) is 0 Å². The van der Waals surface area contributed by atoms with Gasteiger partial charge in [-0.1, -0.05) is 12.6 Å². The van der Waals surface area contributed by atoms with Crippen molar-refractivity contribution in [3.05, 3.63) is 5.88 Å². The van der Waals surface area contributed by atoms with Gasteiger partial charge in [0.2, 0.25) is 0 Å². The van der Waals surface area contributed by atoms with Crippen molar-refractivity contribution < 1.29 is 5.21 Å². The Kier molecular flexibility index (Phi) is 3.49. The summed E-state index contributed by atoms with van der Waals surface area (Å²) < 4.78 is 0. The standard InChI is InChI=1S/CNOS/c3-2-1-4. The molecule has 0 amide bonds. The van der Waals surface area contributed by atoms with Crippen LogP contribution in [0.5, 0.6) is 0 Å². The predicted octanol–water partition coefficient (Wildman–Crippen LogP) is 0.130. The molecule has 0 spiro atoms. The molecule has 0 aromatic rings. The van der Waals surface area contributed by atoms with Crippen LogP contribution in [0.2, 0.25) is 0 Å². The first-order valence-electron chi connectivity index (χ1n) is 0.610. The fourth-order valence-electron chi connectivity index (χ4n) is 0. The molecule has 0 rings (SSSR count). The van der Waals surface area contributed by atoms with Gasteiger partial charge in [-0.2, -0.15) is 0 Å². The Bertz CT molecular complexity index is 10.0. The van der Waals surface area contributed by atoms with Crippen LogP contribution < -0.4 is 5.48 Å². The molecular formula is CNOS. The van der Waals surface area contributed by atoms with Crippen molar-refractivity contribution in [1.82, 2.24) is 5.48 Å². The van der Waals surface area contributed by atoms with Gasteiger partial charge in [0.1, 0.15) is 0 Å². The Morgan fingerprint density at radius 1 is 2.00 bits per heavy atom. The molecule has 0 aliphatic heterocycles. The monoisotopic (exact) mass is 74.0 g/mol. The zero-order valence-electron chi connectivity index (χ0n) is 1.76. The van der Waals surface area contributed by atoms with Crippen LogP contribution in [0.3, 0.4) is 0 Å². The Labute approximate surface area is 30.2 Å². The van der Waals surface area contributed by atoms with E-state index in [9.17, 15) is 0 Å². The second-order valence-electron chi connectivity index (χ2n) is 0.183. The molecule has 0 unspecified atom stereocenters. The van der Waals surface area contributed by atoms with Crippen LogP contribution in [-0.2, 0) is 5.21 Å². The van der Waals surface area contributed by atoms with Crippen molar-refractivity contribution in [1.29, 1.82) is 0 Å². The smallest absolute Gasteiger partial charge is 0.100 e. The first-order valence-corrected chi connectivity index (χ1v) is 1.02. The van der Waals surface area contributed by atoms with Gasteiger partial charge in [0, 0.05) is 0 Å². The second-order valence-corrected chi connectivity index (χ2v) is 0.365. The zero-order valence-corrected chi connectivity index (χ0v) is 2.58. The first-order chi connectivity index (χ1) is 1.91. The van der Waals surface area contributed by atoms with Gasteiger partial charge in [0.15, 0.2) is 5.88 Å². The van der Waals surface area contributed by atoms with Gasteiger partial charge in [0.25, 0.3) is 0 Å². The zero-order chi connectivity index (χ0) is 3.41. The molecule has 2 nitrogen and oxygen atoms in total. The maximum atomic E-state index is 8.71. The Morgan fingerprint density at radius 3 is 2.25 bits per heavy atom. The number of hydrogen-bond acceptors (Lipinski definition) is 0. The van der Waals surface area contributed by atoms with Crippen LogP contribution >= 0.6 is 12.6 Å². The van der Waals surface area contributed by atoms with E-state index in [1.807, 2.05) is 0 Å². The number of nitrogens with zero attached hydrogens (tertiary/aromatic N) is 1. The number of hydroxylamine groups is 1. The van der Waals surface area contributed by atoms with Crippen molar-refractivity contribution in [2.24, 2.45) is 0 Å². The van der Waals surface area contributed by atoms with E-state index in [-0.39, 0.29) is 0 Å². The quantitative estimate of drug-likeness (QED) is 0.396. The van der Waals surface area contributed by atoms with E-state index in [0.29, 0.717) is 0 Å². The van der Waals surface area contributed by atoms with Crippen molar-refractivity contribution >= 4 is 12.6 Å². The van der Waals surface area contributed by atoms with E-state index in [2.05, 4.69) is 18.1 Å². The van der Waals surface area contributed by atoms with E-state index in [1.165, 1.54) is 0 Å². The molecule has 0 saturated carbocycles. The van der Waals surface area contributed by atoms with Gasteiger partial charge in [0.05, 0.1) is 0 Å². The molecule has 0 aliphatic rings. The summed E-state index contributed by atoms with van der Waals surface area (Å²) in [6, 6.07) is 0. The van der Waals surface area contributed by atoms with Crippen LogP contribution in [0, 0.1) is 5.88 Å². The summed E-state index contributed by atoms with van der Waals surface area (Å²) in [6.07, 6.45) is 0. The molecule has 4 heavy (non-hydrogen) atoms. The van der Waals surface area contributed by atoms with E-state index >= 15 is 0 Å². The van der Waals surface area contributed by atoms with Gasteiger partial charge in [-0.25, -0.2) is 0 Å². The summed E-state index contributed by atoms with van der Waals surface area (Å²) >= 11 is 3.82. The average molecular weight is 74.1 g/mol. The SMILES string of the molecule is [O][N][C][S]. The predicted molar refractivity (Wildman–Crippen MR) is 13.7 cm³/mol. The highest BCUT2D eigenvalue weighted by molar-refractivity contribution is 7.82. The fraction of sp³-hybridized carbons (Fsp3) is 0. The highest BCUT2D eigenvalue weighted by atomic mass is 32.1. The largest absolute Gasteiger partial charge is 0.193 e. The maximum Gasteiger partial charge on any atom is 0.193 e. The lowest BCUT2D eigenvalue weighted by Crippen LogP contribution is -1.78. The van der Waals surface area contributed by atoms with Gasteiger partial charge >= 0.3 is 0 Å². The highest BCUT2D eigenvalue weighted by Gasteiger charge is 1.66. The summed E-state index contributed by atoms with van der Waals surface area (Å²) in [6.45, 7) is 0. The summed E-state index contributed by atoms with van der Waals surface area (Å²) in [5, 5.41) is 8.71. The minimum atomic E-state index is 1.58. The fourth-order valence-corrected chi connectivity index (χ4v) is 0. The maximum absolute atomic E-state index is 8.71. The third kappa shape index (κ3) is 2.27. The lowest BCUT2D eigenvalue weighted by Gasteiger charge is -1.59. The minimum absolute atomic E-state index is 1.58. The first kappa shape index (κ1) is 4.27. The molecular weight excluding hydrogens is 74.1 g/mol. The molecule has 5 radical (unpaired) electrons. The summed E-state index contributed by atoms with van der Waals surface area (Å²) in [7, 11) is 0. The molecule has 0 aromatic heterocycles. The molecule has 0 atom stereocenters. The molecule has 0 aromatic carbocycles. The Morgan fingerprint density at radius 2 is 2.25 bits per heavy atom. The average Bonchev–Trinajstić information content (AvgIpc) is 1.37. The van der Waals surface area contributed by atoms with Crippen LogP contribution in [-0.4, -0.2) is 0 Å². The molecule has 0 fully saturated rings. The number of rotatable bonds is 1. The van der Waals surface area contributed by atoms with Gasteiger partial charge in [-0.05, 0) is 5.48 Å². The lowest BCUT2D eigenvalue weighted by atomic mass is 11.5. The van der Waals surface area contributed by atoms with E-state index in [0.717, 1.165) is 0 Å². The van der Waals surface area contributed by atoms with Crippen LogP contribution in [0.4, 0.5) is 0 Å². The Balaban J connectivity index is 1.97. The normalized spacial score (nSPS) is 7.50. The topological polar surface area (TPSA) is 34.0 Å². The molecule has 0 heterocycles. The van der Waals surface area contributed by atoms with Crippen LogP contribution in [0.1, 0.15) is 0 Å². The lowest BCUT2D eigenvalue weighted by molar-refractivity contribution is 0.0994. The Hall–Kier alpha value is 0.270. The van der Waals surface area contributed by atoms with Crippen LogP contribution in [0.15, 0.2) is 0 Å². The van der Waals surface area contributed by atoms with Crippen molar-refractivity contribution in [3.8, 4) is 0 Å². The molecule has 3 heteroatoms. The molecule has 0 bridgehead atoms. The summed E-state index contributed by atoms with van der Waals surface area (Å²) in [5.74, 6) is 1.58.